The van der Waals surface area contributed by atoms with Gasteiger partial charge in [-0.05, 0) is 94.0 Å². The lowest BCUT2D eigenvalue weighted by atomic mass is 10.00. The zero-order chi connectivity index (χ0) is 44.7. The predicted octanol–water partition coefficient (Wildman–Crippen LogP) is 13.7. The first kappa shape index (κ1) is 37.9. The van der Waals surface area contributed by atoms with Crippen molar-refractivity contribution in [2.75, 3.05) is 0 Å². The van der Waals surface area contributed by atoms with Crippen LogP contribution < -0.4 is 0 Å². The Labute approximate surface area is 389 Å². The molecule has 5 heterocycles. The minimum Gasteiger partial charge on any atom is -0.278 e. The first-order valence-corrected chi connectivity index (χ1v) is 22.7. The number of rotatable bonds is 7. The van der Waals surface area contributed by atoms with E-state index in [9.17, 15) is 0 Å². The van der Waals surface area contributed by atoms with Crippen molar-refractivity contribution in [1.82, 2.24) is 42.9 Å². The van der Waals surface area contributed by atoms with E-state index in [1.807, 2.05) is 66.7 Å². The smallest absolute Gasteiger partial charge is 0.241 e. The van der Waals surface area contributed by atoms with Crippen LogP contribution in [0.15, 0.2) is 224 Å². The molecule has 0 saturated carbocycles. The summed E-state index contributed by atoms with van der Waals surface area (Å²) >= 11 is 0. The van der Waals surface area contributed by atoms with Crippen LogP contribution in [0.1, 0.15) is 0 Å². The molecule has 0 unspecified atom stereocenters. The largest absolute Gasteiger partial charge is 0.278 e. The van der Waals surface area contributed by atoms with Crippen molar-refractivity contribution in [2.24, 2.45) is 0 Å². The molecule has 0 N–H and O–H groups in total. The third kappa shape index (κ3) is 5.99. The van der Waals surface area contributed by atoms with Gasteiger partial charge in [-0.2, -0.15) is 9.97 Å². The van der Waals surface area contributed by atoms with E-state index in [-0.39, 0.29) is 0 Å². The molecule has 0 spiro atoms. The molecule has 0 radical (unpaired) electrons. The average molecular weight is 872 g/mol. The van der Waals surface area contributed by atoms with Gasteiger partial charge in [-0.15, -0.1) is 0 Å². The maximum atomic E-state index is 5.26. The fourth-order valence-electron chi connectivity index (χ4n) is 9.82. The van der Waals surface area contributed by atoms with E-state index < -0.39 is 0 Å². The minimum atomic E-state index is 0.492. The van der Waals surface area contributed by atoms with E-state index in [0.717, 1.165) is 94.8 Å². The minimum absolute atomic E-state index is 0.492. The number of benzene rings is 9. The van der Waals surface area contributed by atoms with Crippen LogP contribution in [0.25, 0.3) is 123 Å². The van der Waals surface area contributed by atoms with Gasteiger partial charge in [0.2, 0.25) is 17.5 Å². The van der Waals surface area contributed by atoms with Crippen LogP contribution in [0.3, 0.4) is 0 Å². The zero-order valence-electron chi connectivity index (χ0n) is 36.4. The number of para-hydroxylation sites is 4. The van der Waals surface area contributed by atoms with E-state index in [1.165, 1.54) is 11.1 Å². The molecule has 14 rings (SSSR count). The van der Waals surface area contributed by atoms with Crippen LogP contribution in [0, 0.1) is 0 Å². The summed E-state index contributed by atoms with van der Waals surface area (Å²) in [4.78, 5) is 25.8. The van der Waals surface area contributed by atoms with Crippen molar-refractivity contribution in [3.05, 3.63) is 224 Å². The second-order valence-corrected chi connectivity index (χ2v) is 17.1. The summed E-state index contributed by atoms with van der Waals surface area (Å²) in [6.45, 7) is 0. The maximum Gasteiger partial charge on any atom is 0.241 e. The molecule has 5 aromatic heterocycles. The number of aromatic nitrogens is 9. The lowest BCUT2D eigenvalue weighted by Gasteiger charge is -2.10. The Morgan fingerprint density at radius 1 is 0.250 bits per heavy atom. The Morgan fingerprint density at radius 2 is 0.662 bits per heavy atom. The highest BCUT2D eigenvalue weighted by Gasteiger charge is 2.23. The average Bonchev–Trinajstić information content (AvgIpc) is 4.15. The molecule has 9 heteroatoms. The van der Waals surface area contributed by atoms with Gasteiger partial charge in [0.05, 0.1) is 44.1 Å². The molecule has 0 bridgehead atoms. The van der Waals surface area contributed by atoms with Crippen molar-refractivity contribution in [3.63, 3.8) is 0 Å². The number of hydrogen-bond acceptors (Lipinski definition) is 5. The van der Waals surface area contributed by atoms with Crippen LogP contribution in [-0.2, 0) is 0 Å². The molecule has 68 heavy (non-hydrogen) atoms. The molecule has 0 saturated heterocycles. The van der Waals surface area contributed by atoms with Gasteiger partial charge in [0.1, 0.15) is 0 Å². The molecule has 0 aliphatic heterocycles. The lowest BCUT2D eigenvalue weighted by Crippen LogP contribution is -2.07. The highest BCUT2D eigenvalue weighted by molar-refractivity contribution is 5.97. The van der Waals surface area contributed by atoms with E-state index in [0.29, 0.717) is 17.6 Å². The predicted molar refractivity (Wildman–Crippen MR) is 273 cm³/mol. The summed E-state index contributed by atoms with van der Waals surface area (Å²) in [5.41, 5.74) is 17.6. The summed E-state index contributed by atoms with van der Waals surface area (Å²) in [5, 5.41) is 0. The number of imidazole rings is 4. The topological polar surface area (TPSA) is 83.1 Å². The summed E-state index contributed by atoms with van der Waals surface area (Å²) in [7, 11) is 0. The van der Waals surface area contributed by atoms with Crippen LogP contribution in [0.2, 0.25) is 0 Å². The monoisotopic (exact) mass is 871 g/mol. The number of fused-ring (bicyclic) bond motifs is 10. The Balaban J connectivity index is 0.940. The lowest BCUT2D eigenvalue weighted by molar-refractivity contribution is 0.937. The van der Waals surface area contributed by atoms with Crippen LogP contribution in [0.5, 0.6) is 0 Å². The van der Waals surface area contributed by atoms with Crippen LogP contribution >= 0.6 is 0 Å². The van der Waals surface area contributed by atoms with Crippen LogP contribution in [-0.4, -0.2) is 42.9 Å². The molecular formula is C59H37N9. The fraction of sp³-hybridized carbons (Fsp3) is 0. The van der Waals surface area contributed by atoms with Crippen molar-refractivity contribution in [1.29, 1.82) is 0 Å². The third-order valence-corrected chi connectivity index (χ3v) is 13.1. The zero-order valence-corrected chi connectivity index (χ0v) is 36.4. The highest BCUT2D eigenvalue weighted by Crippen LogP contribution is 2.37. The molecule has 0 atom stereocenters. The molecule has 9 aromatic carbocycles. The molecule has 0 amide bonds. The quantitative estimate of drug-likeness (QED) is 0.159. The van der Waals surface area contributed by atoms with E-state index >= 15 is 0 Å². The highest BCUT2D eigenvalue weighted by atomic mass is 15.3. The van der Waals surface area contributed by atoms with Crippen molar-refractivity contribution in [2.45, 2.75) is 0 Å². The Hall–Kier alpha value is -9.47. The number of hydrogen-bond donors (Lipinski definition) is 0. The molecule has 14 aromatic rings. The Kier molecular flexibility index (Phi) is 8.38. The summed E-state index contributed by atoms with van der Waals surface area (Å²) in [6.07, 6.45) is 0. The molecule has 0 fully saturated rings. The summed E-state index contributed by atoms with van der Waals surface area (Å²) < 4.78 is 8.87. The van der Waals surface area contributed by atoms with Gasteiger partial charge in [-0.3, -0.25) is 13.4 Å². The maximum absolute atomic E-state index is 5.26. The standard InChI is InChI=1S/C59H37N9/c1-4-15-38(16-5-1)39-27-29-40(30-28-39)43-21-14-22-46(35-43)65-51-33-31-44(36-53(51)66-49-25-12-10-23-47(49)60-58(65)66)45-32-34-52-54(37-45)67-50-26-13-11-24-48(50)61-59(67)68(52)57-63-55(41-17-6-2-7-18-41)62-56(64-57)42-19-8-3-9-20-42/h1-37H. The Morgan fingerprint density at radius 3 is 1.22 bits per heavy atom. The van der Waals surface area contributed by atoms with Gasteiger partial charge in [0.15, 0.2) is 11.6 Å². The molecule has 318 valence electrons. The van der Waals surface area contributed by atoms with Gasteiger partial charge in [-0.25, -0.2) is 19.5 Å². The van der Waals surface area contributed by atoms with Crippen LogP contribution in [0.4, 0.5) is 0 Å². The number of nitrogens with zero attached hydrogens (tertiary/aromatic N) is 9. The molecule has 9 nitrogen and oxygen atoms in total. The second-order valence-electron chi connectivity index (χ2n) is 17.1. The van der Waals surface area contributed by atoms with E-state index in [2.05, 4.69) is 176 Å². The Bertz CT molecular complexity index is 4180. The fourth-order valence-corrected chi connectivity index (χ4v) is 9.82. The van der Waals surface area contributed by atoms with E-state index in [1.54, 1.807) is 0 Å². The first-order valence-electron chi connectivity index (χ1n) is 22.7. The molecular weight excluding hydrogens is 835 g/mol. The van der Waals surface area contributed by atoms with Gasteiger partial charge >= 0.3 is 0 Å². The summed E-state index contributed by atoms with van der Waals surface area (Å²) in [6, 6.07) is 78.2. The van der Waals surface area contributed by atoms with Crippen molar-refractivity contribution >= 4 is 55.7 Å². The third-order valence-electron chi connectivity index (χ3n) is 13.1. The van der Waals surface area contributed by atoms with Crippen molar-refractivity contribution < 1.29 is 0 Å². The van der Waals surface area contributed by atoms with Gasteiger partial charge in [0.25, 0.3) is 0 Å². The van der Waals surface area contributed by atoms with Crippen molar-refractivity contribution in [3.8, 4) is 67.8 Å². The summed E-state index contributed by atoms with van der Waals surface area (Å²) in [5.74, 6) is 3.24. The van der Waals surface area contributed by atoms with Gasteiger partial charge in [-0.1, -0.05) is 164 Å². The van der Waals surface area contributed by atoms with Gasteiger partial charge in [0, 0.05) is 16.8 Å². The molecule has 0 aliphatic rings. The van der Waals surface area contributed by atoms with E-state index in [4.69, 9.17) is 24.9 Å². The SMILES string of the molecule is c1ccc(-c2ccc(-c3cccc(-n4c5ccc(-c6ccc7c(c6)n6c8ccccc8nc6n7-c6nc(-c7ccccc7)nc(-c7ccccc7)n6)cc5n5c6ccccc6nc45)c3)cc2)cc1. The first-order chi connectivity index (χ1) is 33.7. The molecule has 0 aliphatic carbocycles. The van der Waals surface area contributed by atoms with Gasteiger partial charge < -0.3 is 0 Å². The second kappa shape index (κ2) is 15.0. The normalized spacial score (nSPS) is 11.8.